The van der Waals surface area contributed by atoms with Crippen molar-refractivity contribution < 1.29 is 30.3 Å². The van der Waals surface area contributed by atoms with Crippen LogP contribution in [0.4, 0.5) is 4.79 Å². The average molecular weight is 592 g/mol. The summed E-state index contributed by atoms with van der Waals surface area (Å²) in [6.45, 7) is 13.8. The van der Waals surface area contributed by atoms with Crippen LogP contribution < -0.4 is 11.3 Å². The van der Waals surface area contributed by atoms with Gasteiger partial charge in [0.15, 0.2) is 5.78 Å². The number of carbonyl (C=O) groups is 3. The molecule has 3 rings (SSSR count). The van der Waals surface area contributed by atoms with Gasteiger partial charge in [-0.25, -0.2) is 9.78 Å². The van der Waals surface area contributed by atoms with Crippen LogP contribution in [-0.4, -0.2) is 87.3 Å². The number of ether oxygens (including phenoxy) is 2. The number of Topliss-reactive ketones (excluding diaryl/α,β-unsaturated/α-hetero) is 1. The normalized spacial score (nSPS) is 16.2. The Kier molecular flexibility index (Phi) is 17.3. The van der Waals surface area contributed by atoms with Crippen molar-refractivity contribution in [1.82, 2.24) is 19.7 Å². The second-order valence-corrected chi connectivity index (χ2v) is 10.1. The Bertz CT molecular complexity index is 1060. The highest BCUT2D eigenvalue weighted by Gasteiger charge is 2.37. The number of esters is 1. The van der Waals surface area contributed by atoms with Crippen molar-refractivity contribution in [3.63, 3.8) is 0 Å². The van der Waals surface area contributed by atoms with E-state index in [4.69, 9.17) is 20.6 Å². The lowest BCUT2D eigenvalue weighted by molar-refractivity contribution is -0.153. The summed E-state index contributed by atoms with van der Waals surface area (Å²) in [4.78, 5) is 57.1. The third-order valence-electron chi connectivity index (χ3n) is 5.39. The van der Waals surface area contributed by atoms with E-state index in [1.165, 1.54) is 11.8 Å². The average Bonchev–Trinajstić information content (AvgIpc) is 2.78. The number of likely N-dealkylation sites (tertiary alicyclic amines) is 1. The van der Waals surface area contributed by atoms with Crippen LogP contribution in [0, 0.1) is 18.3 Å². The Hall–Kier alpha value is -2.97. The fraction of sp³-hybridized carbons (Fsp3) is 0.680. The van der Waals surface area contributed by atoms with Crippen molar-refractivity contribution in [1.29, 1.82) is 5.41 Å². The predicted molar refractivity (Wildman–Crippen MR) is 159 cm³/mol. The molecule has 0 aromatic carbocycles. The first kappa shape index (κ1) is 39.2. The highest BCUT2D eigenvalue weighted by atomic mass is 35.5. The number of aromatic amines is 1. The first-order chi connectivity index (χ1) is 17.5. The van der Waals surface area contributed by atoms with Crippen molar-refractivity contribution in [2.45, 2.75) is 80.8 Å². The Labute approximate surface area is 244 Å². The van der Waals surface area contributed by atoms with E-state index in [0.717, 1.165) is 18.7 Å². The van der Waals surface area contributed by atoms with Gasteiger partial charge in [-0.1, -0.05) is 7.43 Å². The number of H-pyrrole nitrogens is 1. The fourth-order valence-corrected chi connectivity index (χ4v) is 3.66. The summed E-state index contributed by atoms with van der Waals surface area (Å²) in [5.74, 6) is -0.815. The Balaban J connectivity index is -0.000000593. The second-order valence-electron chi connectivity index (χ2n) is 10.1. The molecule has 1 atom stereocenters. The minimum Gasteiger partial charge on any atom is -0.465 e. The maximum absolute atomic E-state index is 11.9. The molecule has 230 valence electrons. The molecule has 0 radical (unpaired) electrons. The molecule has 0 spiro atoms. The van der Waals surface area contributed by atoms with Gasteiger partial charge in [-0.05, 0) is 54.9 Å². The molecule has 1 amide bonds. The van der Waals surface area contributed by atoms with Crippen LogP contribution in [-0.2, 0) is 32.0 Å². The molecule has 0 aliphatic carbocycles. The van der Waals surface area contributed by atoms with Crippen LogP contribution in [0.2, 0.25) is 6.82 Å². The molecule has 1 fully saturated rings. The smallest absolute Gasteiger partial charge is 0.410 e. The Morgan fingerprint density at radius 2 is 1.85 bits per heavy atom. The third-order valence-corrected chi connectivity index (χ3v) is 5.39. The number of rotatable bonds is 3. The minimum absolute atomic E-state index is 0. The van der Waals surface area contributed by atoms with E-state index >= 15 is 0 Å². The molecule has 40 heavy (non-hydrogen) atoms. The van der Waals surface area contributed by atoms with Gasteiger partial charge in [-0.15, -0.1) is 12.4 Å². The van der Waals surface area contributed by atoms with Gasteiger partial charge in [-0.3, -0.25) is 19.8 Å². The maximum atomic E-state index is 11.9. The SMILES string of the molecule is C.CB(O)N1CCc2nc(C)[nH]c(=O)c2C1.CC(=N)N.CCOC(=O)C1CN(C(=O)OC(C)(C)C)CCC1=O.Cl.[2HH]. The number of ketones is 1. The number of nitrogens with two attached hydrogens (primary N) is 1. The number of halogens is 1. The molecule has 1 unspecified atom stereocenters. The molecule has 2 aliphatic rings. The van der Waals surface area contributed by atoms with Gasteiger partial charge < -0.3 is 34.9 Å². The fourth-order valence-electron chi connectivity index (χ4n) is 3.66. The summed E-state index contributed by atoms with van der Waals surface area (Å²) < 4.78 is 10.1. The maximum Gasteiger partial charge on any atom is 0.410 e. The number of nitrogens with zero attached hydrogens (tertiary/aromatic N) is 3. The van der Waals surface area contributed by atoms with E-state index in [2.05, 4.69) is 9.97 Å². The van der Waals surface area contributed by atoms with E-state index in [1.54, 1.807) is 41.4 Å². The molecular weight excluding hydrogens is 543 g/mol. The van der Waals surface area contributed by atoms with Crippen LogP contribution in [0.5, 0.6) is 0 Å². The van der Waals surface area contributed by atoms with Crippen molar-refractivity contribution >= 4 is 43.1 Å². The van der Waals surface area contributed by atoms with Gasteiger partial charge in [-0.2, -0.15) is 0 Å². The van der Waals surface area contributed by atoms with Crippen molar-refractivity contribution in [3.8, 4) is 0 Å². The van der Waals surface area contributed by atoms with Crippen LogP contribution in [0.3, 0.4) is 0 Å². The number of hydrogen-bond donors (Lipinski definition) is 4. The van der Waals surface area contributed by atoms with Gasteiger partial charge in [0, 0.05) is 33.9 Å². The molecule has 1 aromatic rings. The molecule has 13 nitrogen and oxygen atoms in total. The van der Waals surface area contributed by atoms with E-state index in [0.29, 0.717) is 17.9 Å². The zero-order chi connectivity index (χ0) is 29.2. The number of aryl methyl sites for hydroxylation is 1. The number of nitrogens with one attached hydrogen (secondary N) is 2. The third kappa shape index (κ3) is 13.4. The minimum atomic E-state index is -0.888. The summed E-state index contributed by atoms with van der Waals surface area (Å²) in [5, 5.41) is 15.7. The van der Waals surface area contributed by atoms with E-state index < -0.39 is 30.6 Å². The lowest BCUT2D eigenvalue weighted by atomic mass is 9.82. The Morgan fingerprint density at radius 3 is 2.35 bits per heavy atom. The summed E-state index contributed by atoms with van der Waals surface area (Å²) in [6.07, 6.45) is 0.377. The quantitative estimate of drug-likeness (QED) is 0.133. The molecule has 15 heteroatoms. The standard InChI is InChI=1S/C13H21NO5.C9H14BN3O2.C2H6N2.CH4.ClH.H2/c1-5-18-11(16)9-8-14(7-6-10(9)15)12(17)19-13(2,3)4;1-6-11-8-3-4-13(10(2)15)5-7(8)9(14)12-6;1-2(3)4;;;/h9H,5-8H2,1-4H3;15H,3-5H2,1-2H3,(H,11,12,14);1H3,(H3,3,4);1H4;2*1H/i;;;;;1+1. The summed E-state index contributed by atoms with van der Waals surface area (Å²) in [7, 11) is -0.515. The zero-order valence-corrected chi connectivity index (χ0v) is 24.6. The molecule has 1 aromatic heterocycles. The number of amidine groups is 1. The Morgan fingerprint density at radius 1 is 1.27 bits per heavy atom. The number of piperidine rings is 1. The zero-order valence-electron chi connectivity index (χ0n) is 23.8. The number of aromatic nitrogens is 2. The van der Waals surface area contributed by atoms with Crippen LogP contribution in [0.25, 0.3) is 0 Å². The highest BCUT2D eigenvalue weighted by molar-refractivity contribution is 6.45. The van der Waals surface area contributed by atoms with Gasteiger partial charge in [0.25, 0.3) is 5.56 Å². The first-order valence-electron chi connectivity index (χ1n) is 12.5. The molecule has 1 saturated heterocycles. The lowest BCUT2D eigenvalue weighted by Gasteiger charge is -2.32. The van der Waals surface area contributed by atoms with Gasteiger partial charge in [0.05, 0.1) is 23.7 Å². The van der Waals surface area contributed by atoms with E-state index in [9.17, 15) is 24.2 Å². The van der Waals surface area contributed by atoms with Gasteiger partial charge in [0.2, 0.25) is 0 Å². The summed E-state index contributed by atoms with van der Waals surface area (Å²) in [6, 6.07) is 0. The number of carbonyl (C=O) groups excluding carboxylic acids is 3. The molecular formula is C25H48BClN6O7. The molecule has 5 N–H and O–H groups in total. The first-order valence-corrected chi connectivity index (χ1v) is 12.5. The molecule has 0 bridgehead atoms. The highest BCUT2D eigenvalue weighted by Crippen LogP contribution is 2.18. The number of amides is 1. The monoisotopic (exact) mass is 591 g/mol. The van der Waals surface area contributed by atoms with Crippen molar-refractivity contribution in [2.24, 2.45) is 11.7 Å². The van der Waals surface area contributed by atoms with Gasteiger partial charge in [0.1, 0.15) is 17.3 Å². The number of fused-ring (bicyclic) bond motifs is 1. The molecule has 0 saturated carbocycles. The second kappa shape index (κ2) is 17.7. The number of hydrogen-bond acceptors (Lipinski definition) is 10. The molecule has 2 aliphatic heterocycles. The van der Waals surface area contributed by atoms with Crippen LogP contribution in [0.15, 0.2) is 4.79 Å². The summed E-state index contributed by atoms with van der Waals surface area (Å²) in [5.41, 5.74) is 5.57. The van der Waals surface area contributed by atoms with Crippen LogP contribution in [0.1, 0.15) is 67.0 Å². The van der Waals surface area contributed by atoms with E-state index in [-0.39, 0.29) is 64.6 Å². The largest absolute Gasteiger partial charge is 0.465 e. The van der Waals surface area contributed by atoms with Crippen LogP contribution >= 0.6 is 12.4 Å². The predicted octanol–water partition coefficient (Wildman–Crippen LogP) is 2.17. The van der Waals surface area contributed by atoms with Gasteiger partial charge >= 0.3 is 19.1 Å². The lowest BCUT2D eigenvalue weighted by Crippen LogP contribution is -2.48. The molecule has 3 heterocycles. The van der Waals surface area contributed by atoms with E-state index in [1.807, 2.05) is 4.81 Å². The van der Waals surface area contributed by atoms with Crippen molar-refractivity contribution in [3.05, 3.63) is 27.4 Å². The topological polar surface area (TPSA) is 192 Å². The summed E-state index contributed by atoms with van der Waals surface area (Å²) >= 11 is 0. The van der Waals surface area contributed by atoms with Crippen molar-refractivity contribution in [2.75, 3.05) is 26.2 Å².